The van der Waals surface area contributed by atoms with E-state index in [1.54, 1.807) is 63.5 Å². The van der Waals surface area contributed by atoms with Crippen molar-refractivity contribution in [3.8, 4) is 0 Å². The molecule has 0 saturated heterocycles. The lowest BCUT2D eigenvalue weighted by atomic mass is 10.1. The van der Waals surface area contributed by atoms with Crippen molar-refractivity contribution in [3.63, 3.8) is 0 Å². The van der Waals surface area contributed by atoms with Gasteiger partial charge >= 0.3 is 5.63 Å². The van der Waals surface area contributed by atoms with Gasteiger partial charge in [-0.25, -0.2) is 18.2 Å². The molecule has 216 valence electrons. The van der Waals surface area contributed by atoms with Gasteiger partial charge in [0, 0.05) is 36.5 Å². The first-order valence-corrected chi connectivity index (χ1v) is 14.9. The van der Waals surface area contributed by atoms with Crippen LogP contribution in [0.2, 0.25) is 0 Å². The number of nitrogens with one attached hydrogen (secondary N) is 2. The van der Waals surface area contributed by atoms with Gasteiger partial charge in [-0.2, -0.15) is 0 Å². The number of fused-ring (bicyclic) bond motifs is 2. The molecule has 2 aromatic carbocycles. The molecule has 2 heterocycles. The van der Waals surface area contributed by atoms with Gasteiger partial charge in [0.2, 0.25) is 5.91 Å². The molecule has 0 fully saturated rings. The van der Waals surface area contributed by atoms with Gasteiger partial charge < -0.3 is 24.9 Å². The Bertz CT molecular complexity index is 1730. The van der Waals surface area contributed by atoms with E-state index in [1.165, 1.54) is 22.8 Å². The predicted molar refractivity (Wildman–Crippen MR) is 157 cm³/mol. The zero-order valence-corrected chi connectivity index (χ0v) is 24.1. The number of para-hydroxylation sites is 2. The van der Waals surface area contributed by atoms with Gasteiger partial charge in [0.05, 0.1) is 30.0 Å². The Kier molecular flexibility index (Phi) is 8.40. The average molecular weight is 582 g/mol. The second-order valence-corrected chi connectivity index (χ2v) is 11.9. The molecule has 0 unspecified atom stereocenters. The average Bonchev–Trinajstić information content (AvgIpc) is 2.99. The van der Waals surface area contributed by atoms with E-state index in [0.29, 0.717) is 16.5 Å². The quantitative estimate of drug-likeness (QED) is 0.396. The summed E-state index contributed by atoms with van der Waals surface area (Å²) in [7, 11) is -0.442. The molecule has 1 aliphatic heterocycles. The third kappa shape index (κ3) is 6.20. The topological polar surface area (TPSA) is 158 Å². The number of amides is 3. The van der Waals surface area contributed by atoms with Gasteiger partial charge in [0.1, 0.15) is 17.0 Å². The number of likely N-dealkylation sites (N-methyl/N-ethyl adjacent to an activating group) is 1. The van der Waals surface area contributed by atoms with Gasteiger partial charge in [0.25, 0.3) is 11.8 Å². The van der Waals surface area contributed by atoms with Crippen LogP contribution in [0.4, 0.5) is 17.1 Å². The zero-order valence-electron chi connectivity index (χ0n) is 23.3. The maximum Gasteiger partial charge on any atom is 0.336 e. The normalized spacial score (nSPS) is 17.3. The molecule has 0 radical (unpaired) electrons. The van der Waals surface area contributed by atoms with Crippen LogP contribution in [0, 0.1) is 0 Å². The third-order valence-electron chi connectivity index (χ3n) is 6.82. The number of benzene rings is 2. The minimum Gasteiger partial charge on any atom is -0.423 e. The van der Waals surface area contributed by atoms with Gasteiger partial charge in [-0.1, -0.05) is 12.1 Å². The summed E-state index contributed by atoms with van der Waals surface area (Å²) in [4.78, 5) is 59.7. The molecular formula is C28H31N5O7S. The molecule has 0 bridgehead atoms. The van der Waals surface area contributed by atoms with Crippen molar-refractivity contribution in [2.24, 2.45) is 4.99 Å². The van der Waals surface area contributed by atoms with Gasteiger partial charge in [-0.15, -0.1) is 0 Å². The van der Waals surface area contributed by atoms with E-state index in [1.807, 2.05) is 0 Å². The van der Waals surface area contributed by atoms with Crippen LogP contribution in [0.25, 0.3) is 11.0 Å². The summed E-state index contributed by atoms with van der Waals surface area (Å²) in [5.41, 5.74) is 1.14. The van der Waals surface area contributed by atoms with Crippen molar-refractivity contribution < 1.29 is 27.2 Å². The number of anilines is 3. The third-order valence-corrected chi connectivity index (χ3v) is 7.59. The van der Waals surface area contributed by atoms with Gasteiger partial charge in [-0.3, -0.25) is 14.4 Å². The van der Waals surface area contributed by atoms with Crippen molar-refractivity contribution in [2.75, 3.05) is 41.2 Å². The largest absolute Gasteiger partial charge is 0.423 e. The minimum atomic E-state index is -3.74. The number of hydrogen-bond acceptors (Lipinski definition) is 9. The van der Waals surface area contributed by atoms with E-state index in [2.05, 4.69) is 15.6 Å². The molecule has 3 aromatic rings. The Morgan fingerprint density at radius 3 is 2.39 bits per heavy atom. The fraction of sp³-hybridized carbons (Fsp3) is 0.321. The molecule has 0 spiro atoms. The van der Waals surface area contributed by atoms with Crippen LogP contribution in [-0.2, 0) is 30.8 Å². The van der Waals surface area contributed by atoms with Crippen molar-refractivity contribution in [3.05, 3.63) is 64.5 Å². The zero-order chi connectivity index (χ0) is 30.1. The smallest absolute Gasteiger partial charge is 0.336 e. The summed E-state index contributed by atoms with van der Waals surface area (Å²) in [5.74, 6) is -2.92. The van der Waals surface area contributed by atoms with E-state index in [4.69, 9.17) is 4.42 Å². The Balaban J connectivity index is 1.94. The highest BCUT2D eigenvalue weighted by atomic mass is 32.2. The Morgan fingerprint density at radius 2 is 1.76 bits per heavy atom. The molecule has 0 aliphatic carbocycles. The van der Waals surface area contributed by atoms with E-state index >= 15 is 0 Å². The van der Waals surface area contributed by atoms with E-state index in [9.17, 15) is 27.6 Å². The standard InChI is InChI=1S/C28H31N5O7S/c1-16(29-3)27(36)31-26-17(2)33(24(34)15-41(5,38)39)22-9-7-6-8-21(22)32(28(26)37)14-18-12-25(35)40-23-13-19(30-4)10-11-20(18)23/h6-13,16-17,29-30H,14-15H2,1-5H3/t16-,17-/m0/s1. The molecule has 2 atom stereocenters. The molecule has 3 amide bonds. The maximum absolute atomic E-state index is 14.2. The van der Waals surface area contributed by atoms with Crippen LogP contribution in [0.3, 0.4) is 0 Å². The highest BCUT2D eigenvalue weighted by Crippen LogP contribution is 2.36. The molecule has 1 aliphatic rings. The summed E-state index contributed by atoms with van der Waals surface area (Å²) in [6, 6.07) is 11.2. The highest BCUT2D eigenvalue weighted by Gasteiger charge is 2.40. The van der Waals surface area contributed by atoms with Crippen LogP contribution in [0.1, 0.15) is 19.4 Å². The molecule has 12 nitrogen and oxygen atoms in total. The number of sulfone groups is 1. The first-order valence-electron chi connectivity index (χ1n) is 12.8. The summed E-state index contributed by atoms with van der Waals surface area (Å²) < 4.78 is 29.6. The predicted octanol–water partition coefficient (Wildman–Crippen LogP) is 1.72. The van der Waals surface area contributed by atoms with Crippen molar-refractivity contribution in [2.45, 2.75) is 32.5 Å². The lowest BCUT2D eigenvalue weighted by molar-refractivity contribution is -0.120. The number of aliphatic imine (C=N–C) groups is 1. The fourth-order valence-corrected chi connectivity index (χ4v) is 5.21. The summed E-state index contributed by atoms with van der Waals surface area (Å²) in [5, 5.41) is 6.34. The molecule has 13 heteroatoms. The Labute approximate surface area is 236 Å². The van der Waals surface area contributed by atoms with E-state index < -0.39 is 51.0 Å². The number of rotatable bonds is 7. The Morgan fingerprint density at radius 1 is 1.07 bits per heavy atom. The van der Waals surface area contributed by atoms with Gasteiger partial charge in [-0.05, 0) is 50.7 Å². The molecule has 1 aromatic heterocycles. The first-order chi connectivity index (χ1) is 19.3. The number of nitrogens with zero attached hydrogens (tertiary/aromatic N) is 3. The van der Waals surface area contributed by atoms with E-state index in [0.717, 1.165) is 11.9 Å². The van der Waals surface area contributed by atoms with Crippen LogP contribution in [0.15, 0.2) is 62.7 Å². The Hall–Kier alpha value is -4.36. The fourth-order valence-electron chi connectivity index (χ4n) is 4.62. The molecular weight excluding hydrogens is 550 g/mol. The second-order valence-electron chi connectivity index (χ2n) is 9.79. The van der Waals surface area contributed by atoms with Crippen molar-refractivity contribution >= 4 is 61.3 Å². The molecule has 4 rings (SSSR count). The van der Waals surface area contributed by atoms with Crippen LogP contribution in [0.5, 0.6) is 0 Å². The van der Waals surface area contributed by atoms with Crippen LogP contribution >= 0.6 is 0 Å². The van der Waals surface area contributed by atoms with E-state index in [-0.39, 0.29) is 23.6 Å². The lowest BCUT2D eigenvalue weighted by Gasteiger charge is -2.28. The molecule has 2 N–H and O–H groups in total. The molecule has 0 saturated carbocycles. The number of carbonyl (C=O) groups excluding carboxylic acids is 3. The summed E-state index contributed by atoms with van der Waals surface area (Å²) >= 11 is 0. The van der Waals surface area contributed by atoms with Crippen LogP contribution in [-0.4, -0.2) is 70.0 Å². The number of carbonyl (C=O) groups is 3. The van der Waals surface area contributed by atoms with Crippen molar-refractivity contribution in [1.82, 2.24) is 5.32 Å². The second kappa shape index (κ2) is 11.6. The lowest BCUT2D eigenvalue weighted by Crippen LogP contribution is -2.49. The minimum absolute atomic E-state index is 0.132. The monoisotopic (exact) mass is 581 g/mol. The maximum atomic E-state index is 14.2. The van der Waals surface area contributed by atoms with Gasteiger partial charge in [0.15, 0.2) is 9.84 Å². The van der Waals surface area contributed by atoms with Crippen LogP contribution < -0.4 is 26.1 Å². The van der Waals surface area contributed by atoms with Crippen molar-refractivity contribution in [1.29, 1.82) is 0 Å². The summed E-state index contributed by atoms with van der Waals surface area (Å²) in [6.45, 7) is 2.96. The highest BCUT2D eigenvalue weighted by molar-refractivity contribution is 7.91. The molecule has 41 heavy (non-hydrogen) atoms. The first kappa shape index (κ1) is 29.6. The SMILES string of the molecule is CNc1ccc2c(CN3C(=O)C(=NC(=O)[C@H](C)NC)[C@H](C)N(C(=O)CS(C)(=O)=O)c4ccccc43)cc(=O)oc2c1. The number of hydrogen-bond donors (Lipinski definition) is 2. The summed E-state index contributed by atoms with van der Waals surface area (Å²) in [6.07, 6.45) is 0.940.